The van der Waals surface area contributed by atoms with Crippen molar-refractivity contribution in [1.82, 2.24) is 15.0 Å². The lowest BCUT2D eigenvalue weighted by molar-refractivity contribution is 0.498. The normalized spacial score (nSPS) is 15.2. The fourth-order valence-corrected chi connectivity index (χ4v) is 2.04. The van der Waals surface area contributed by atoms with Gasteiger partial charge in [0.1, 0.15) is 6.33 Å². The van der Waals surface area contributed by atoms with E-state index < -0.39 is 0 Å². The maximum absolute atomic E-state index is 4.39. The lowest BCUT2D eigenvalue weighted by atomic mass is 10.3. The van der Waals surface area contributed by atoms with Crippen LogP contribution in [-0.2, 0) is 0 Å². The van der Waals surface area contributed by atoms with Crippen molar-refractivity contribution in [2.24, 2.45) is 0 Å². The molecule has 94 valence electrons. The summed E-state index contributed by atoms with van der Waals surface area (Å²) in [6.45, 7) is 4.18. The molecule has 2 aromatic rings. The number of hydrogen-bond acceptors (Lipinski definition) is 3. The number of aromatic nitrogens is 2. The van der Waals surface area contributed by atoms with Crippen LogP contribution in [0.5, 0.6) is 0 Å². The highest BCUT2D eigenvalue weighted by molar-refractivity contribution is 5.85. The van der Waals surface area contributed by atoms with Crippen LogP contribution in [0.25, 0.3) is 11.0 Å². The molecule has 1 N–H and O–H groups in total. The quantitative estimate of drug-likeness (QED) is 0.854. The van der Waals surface area contributed by atoms with Crippen LogP contribution in [0, 0.1) is 0 Å². The van der Waals surface area contributed by atoms with E-state index in [1.807, 2.05) is 18.5 Å². The highest BCUT2D eigenvalue weighted by Crippen LogP contribution is 2.12. The molecule has 1 fully saturated rings. The second-order valence-corrected chi connectivity index (χ2v) is 3.78. The zero-order valence-corrected chi connectivity index (χ0v) is 11.0. The maximum atomic E-state index is 4.39. The van der Waals surface area contributed by atoms with Crippen molar-refractivity contribution >= 4 is 35.8 Å². The van der Waals surface area contributed by atoms with Gasteiger partial charge in [-0.2, -0.15) is 0 Å². The van der Waals surface area contributed by atoms with Gasteiger partial charge in [0.15, 0.2) is 0 Å². The highest BCUT2D eigenvalue weighted by atomic mass is 35.5. The van der Waals surface area contributed by atoms with Crippen LogP contribution in [0.3, 0.4) is 0 Å². The zero-order valence-electron chi connectivity index (χ0n) is 9.37. The second kappa shape index (κ2) is 6.10. The Balaban J connectivity index is 0.000000722. The molecule has 1 aliphatic rings. The molecule has 0 bridgehead atoms. The summed E-state index contributed by atoms with van der Waals surface area (Å²) in [7, 11) is 0. The summed E-state index contributed by atoms with van der Waals surface area (Å²) in [5.74, 6) is 0. The van der Waals surface area contributed by atoms with Gasteiger partial charge in [-0.1, -0.05) is 12.1 Å². The van der Waals surface area contributed by atoms with E-state index >= 15 is 0 Å². The predicted octanol–water partition coefficient (Wildman–Crippen LogP) is 1.42. The number of nitrogens with zero attached hydrogens (tertiary/aromatic N) is 3. The van der Waals surface area contributed by atoms with Gasteiger partial charge in [-0.25, -0.2) is 9.66 Å². The summed E-state index contributed by atoms with van der Waals surface area (Å²) in [5, 5.41) is 5.67. The third kappa shape index (κ3) is 2.65. The molecule has 0 aliphatic carbocycles. The highest BCUT2D eigenvalue weighted by Gasteiger charge is 2.11. The summed E-state index contributed by atoms with van der Waals surface area (Å²) >= 11 is 0. The van der Waals surface area contributed by atoms with Crippen LogP contribution in [0.4, 0.5) is 0 Å². The van der Waals surface area contributed by atoms with Crippen molar-refractivity contribution < 1.29 is 0 Å². The Morgan fingerprint density at radius 3 is 2.53 bits per heavy atom. The topological polar surface area (TPSA) is 33.1 Å². The molecule has 0 saturated carbocycles. The molecule has 0 spiro atoms. The first-order valence-corrected chi connectivity index (χ1v) is 5.33. The molecule has 17 heavy (non-hydrogen) atoms. The van der Waals surface area contributed by atoms with Crippen LogP contribution in [0.2, 0.25) is 0 Å². The maximum Gasteiger partial charge on any atom is 0.116 e. The number of imidazole rings is 1. The van der Waals surface area contributed by atoms with Crippen molar-refractivity contribution in [3.05, 3.63) is 30.6 Å². The zero-order chi connectivity index (χ0) is 10.1. The minimum atomic E-state index is 0. The molecule has 0 amide bonds. The van der Waals surface area contributed by atoms with Gasteiger partial charge in [-0.05, 0) is 12.1 Å². The van der Waals surface area contributed by atoms with Gasteiger partial charge in [0.2, 0.25) is 0 Å². The van der Waals surface area contributed by atoms with Crippen molar-refractivity contribution in [2.75, 3.05) is 31.2 Å². The van der Waals surface area contributed by atoms with E-state index in [9.17, 15) is 0 Å². The lowest BCUT2D eigenvalue weighted by Crippen LogP contribution is -2.48. The third-order valence-corrected chi connectivity index (χ3v) is 2.83. The van der Waals surface area contributed by atoms with Gasteiger partial charge >= 0.3 is 0 Å². The van der Waals surface area contributed by atoms with E-state index in [2.05, 4.69) is 32.1 Å². The van der Waals surface area contributed by atoms with Crippen LogP contribution < -0.4 is 10.3 Å². The smallest absolute Gasteiger partial charge is 0.116 e. The van der Waals surface area contributed by atoms with Gasteiger partial charge in [-0.15, -0.1) is 24.8 Å². The molecular formula is C11H16Cl2N4. The minimum absolute atomic E-state index is 0. The number of nitrogens with one attached hydrogen (secondary N) is 1. The number of fused-ring (bicyclic) bond motifs is 1. The Kier molecular flexibility index (Phi) is 5.05. The van der Waals surface area contributed by atoms with Crippen LogP contribution >= 0.6 is 24.8 Å². The van der Waals surface area contributed by atoms with Crippen LogP contribution in [0.1, 0.15) is 0 Å². The van der Waals surface area contributed by atoms with Crippen molar-refractivity contribution in [2.45, 2.75) is 0 Å². The van der Waals surface area contributed by atoms with Crippen LogP contribution in [0.15, 0.2) is 30.6 Å². The van der Waals surface area contributed by atoms with E-state index in [1.165, 1.54) is 5.52 Å². The monoisotopic (exact) mass is 274 g/mol. The molecule has 0 radical (unpaired) electrons. The number of benzene rings is 1. The average molecular weight is 275 g/mol. The lowest BCUT2D eigenvalue weighted by Gasteiger charge is -2.30. The molecular weight excluding hydrogens is 259 g/mol. The van der Waals surface area contributed by atoms with E-state index in [0.717, 1.165) is 31.7 Å². The fraction of sp³-hybridized carbons (Fsp3) is 0.364. The summed E-state index contributed by atoms with van der Waals surface area (Å²) in [4.78, 5) is 4.39. The number of para-hydroxylation sites is 2. The van der Waals surface area contributed by atoms with Crippen molar-refractivity contribution in [3.63, 3.8) is 0 Å². The molecule has 1 aromatic heterocycles. The first kappa shape index (κ1) is 14.1. The Labute approximate surface area is 113 Å². The number of rotatable bonds is 1. The summed E-state index contributed by atoms with van der Waals surface area (Å²) in [6.07, 6.45) is 1.91. The van der Waals surface area contributed by atoms with E-state index in [0.29, 0.717) is 0 Å². The van der Waals surface area contributed by atoms with Crippen LogP contribution in [-0.4, -0.2) is 35.8 Å². The molecule has 1 saturated heterocycles. The first-order valence-electron chi connectivity index (χ1n) is 5.33. The molecule has 3 rings (SSSR count). The Hall–Kier alpha value is -0.970. The predicted molar refractivity (Wildman–Crippen MR) is 75.0 cm³/mol. The molecule has 1 aromatic carbocycles. The van der Waals surface area contributed by atoms with Gasteiger partial charge in [0, 0.05) is 26.2 Å². The third-order valence-electron chi connectivity index (χ3n) is 2.83. The second-order valence-electron chi connectivity index (χ2n) is 3.78. The molecule has 0 atom stereocenters. The van der Waals surface area contributed by atoms with Crippen molar-refractivity contribution in [3.8, 4) is 0 Å². The Bertz CT molecular complexity index is 465. The number of hydrogen-bond donors (Lipinski definition) is 1. The molecule has 4 nitrogen and oxygen atoms in total. The van der Waals surface area contributed by atoms with E-state index in [-0.39, 0.29) is 24.8 Å². The van der Waals surface area contributed by atoms with E-state index in [4.69, 9.17) is 0 Å². The molecule has 0 unspecified atom stereocenters. The number of halogens is 2. The van der Waals surface area contributed by atoms with Gasteiger partial charge in [-0.3, -0.25) is 0 Å². The molecule has 6 heteroatoms. The average Bonchev–Trinajstić information content (AvgIpc) is 2.74. The summed E-state index contributed by atoms with van der Waals surface area (Å²) in [5.41, 5.74) is 2.26. The minimum Gasteiger partial charge on any atom is -0.313 e. The van der Waals surface area contributed by atoms with Crippen molar-refractivity contribution in [1.29, 1.82) is 0 Å². The van der Waals surface area contributed by atoms with Gasteiger partial charge in [0.25, 0.3) is 0 Å². The summed E-state index contributed by atoms with van der Waals surface area (Å²) in [6, 6.07) is 8.25. The molecule has 2 heterocycles. The Morgan fingerprint density at radius 2 is 1.76 bits per heavy atom. The standard InChI is InChI=1S/C11H14N4.2ClH/c1-2-4-11-10(3-1)13-9-15(11)14-7-5-12-6-8-14;;/h1-4,9,12H,5-8H2;2*1H. The number of piperazine rings is 1. The summed E-state index contributed by atoms with van der Waals surface area (Å²) < 4.78 is 2.16. The SMILES string of the molecule is Cl.Cl.c1ccc2c(c1)ncn2N1CCNCC1. The molecule has 1 aliphatic heterocycles. The fourth-order valence-electron chi connectivity index (χ4n) is 2.04. The van der Waals surface area contributed by atoms with Gasteiger partial charge < -0.3 is 10.3 Å². The largest absolute Gasteiger partial charge is 0.313 e. The Morgan fingerprint density at radius 1 is 1.06 bits per heavy atom. The van der Waals surface area contributed by atoms with Gasteiger partial charge in [0.05, 0.1) is 11.0 Å². The van der Waals surface area contributed by atoms with E-state index in [1.54, 1.807) is 0 Å². The first-order chi connectivity index (χ1) is 7.45.